The SMILES string of the molecule is C=C(CC(=O)OCC(=O)O)C(=O)OC1(CC)CCCC1. The molecule has 0 spiro atoms. The van der Waals surface area contributed by atoms with Crippen molar-refractivity contribution in [2.24, 2.45) is 0 Å². The normalized spacial score (nSPS) is 16.4. The van der Waals surface area contributed by atoms with Crippen LogP contribution in [0.5, 0.6) is 0 Å². The van der Waals surface area contributed by atoms with Crippen molar-refractivity contribution in [2.75, 3.05) is 6.61 Å². The number of esters is 2. The molecule has 1 saturated carbocycles. The lowest BCUT2D eigenvalue weighted by Crippen LogP contribution is -2.32. The number of hydrogen-bond donors (Lipinski definition) is 1. The van der Waals surface area contributed by atoms with Gasteiger partial charge < -0.3 is 14.6 Å². The van der Waals surface area contributed by atoms with Gasteiger partial charge >= 0.3 is 17.9 Å². The molecule has 0 aromatic rings. The zero-order valence-corrected chi connectivity index (χ0v) is 11.6. The lowest BCUT2D eigenvalue weighted by atomic mass is 9.98. The van der Waals surface area contributed by atoms with E-state index >= 15 is 0 Å². The zero-order valence-electron chi connectivity index (χ0n) is 11.6. The third kappa shape index (κ3) is 4.68. The van der Waals surface area contributed by atoms with Crippen molar-refractivity contribution in [1.29, 1.82) is 0 Å². The first-order valence-electron chi connectivity index (χ1n) is 6.67. The van der Waals surface area contributed by atoms with Crippen LogP contribution in [0.2, 0.25) is 0 Å². The first kappa shape index (κ1) is 16.2. The van der Waals surface area contributed by atoms with Crippen LogP contribution in [0.15, 0.2) is 12.2 Å². The Bertz CT molecular complexity index is 406. The number of carboxylic acid groups (broad SMARTS) is 1. The van der Waals surface area contributed by atoms with Gasteiger partial charge in [-0.25, -0.2) is 9.59 Å². The molecule has 0 saturated heterocycles. The number of ether oxygens (including phenoxy) is 2. The minimum Gasteiger partial charge on any atom is -0.479 e. The molecule has 0 amide bonds. The second-order valence-corrected chi connectivity index (χ2v) is 4.97. The first-order valence-corrected chi connectivity index (χ1v) is 6.67. The highest BCUT2D eigenvalue weighted by molar-refractivity contribution is 5.93. The van der Waals surface area contributed by atoms with Crippen LogP contribution >= 0.6 is 0 Å². The van der Waals surface area contributed by atoms with Crippen LogP contribution in [0.3, 0.4) is 0 Å². The van der Waals surface area contributed by atoms with Crippen LogP contribution in [-0.2, 0) is 23.9 Å². The summed E-state index contributed by atoms with van der Waals surface area (Å²) in [4.78, 5) is 33.4. The van der Waals surface area contributed by atoms with Crippen LogP contribution in [0, 0.1) is 0 Å². The molecule has 6 nitrogen and oxygen atoms in total. The Morgan fingerprint density at radius 3 is 2.35 bits per heavy atom. The highest BCUT2D eigenvalue weighted by atomic mass is 16.6. The minimum absolute atomic E-state index is 0.0138. The highest BCUT2D eigenvalue weighted by Crippen LogP contribution is 2.36. The van der Waals surface area contributed by atoms with Gasteiger partial charge in [-0.05, 0) is 32.1 Å². The van der Waals surface area contributed by atoms with Crippen molar-refractivity contribution in [3.05, 3.63) is 12.2 Å². The van der Waals surface area contributed by atoms with Gasteiger partial charge in [-0.2, -0.15) is 0 Å². The van der Waals surface area contributed by atoms with E-state index < -0.39 is 30.1 Å². The average molecular weight is 284 g/mol. The number of aliphatic carboxylic acids is 1. The molecule has 0 aliphatic heterocycles. The van der Waals surface area contributed by atoms with E-state index in [9.17, 15) is 14.4 Å². The van der Waals surface area contributed by atoms with Crippen molar-refractivity contribution >= 4 is 17.9 Å². The van der Waals surface area contributed by atoms with Gasteiger partial charge in [0.05, 0.1) is 6.42 Å². The number of hydrogen-bond acceptors (Lipinski definition) is 5. The fourth-order valence-electron chi connectivity index (χ4n) is 2.26. The molecule has 1 aliphatic carbocycles. The van der Waals surface area contributed by atoms with E-state index in [1.807, 2.05) is 6.92 Å². The van der Waals surface area contributed by atoms with Gasteiger partial charge in [0.25, 0.3) is 0 Å². The van der Waals surface area contributed by atoms with Crippen molar-refractivity contribution in [3.63, 3.8) is 0 Å². The second-order valence-electron chi connectivity index (χ2n) is 4.97. The fraction of sp³-hybridized carbons (Fsp3) is 0.643. The Balaban J connectivity index is 2.44. The minimum atomic E-state index is -1.25. The summed E-state index contributed by atoms with van der Waals surface area (Å²) in [6.45, 7) is 4.75. The maximum absolute atomic E-state index is 11.9. The van der Waals surface area contributed by atoms with Crippen LogP contribution in [0.1, 0.15) is 45.4 Å². The van der Waals surface area contributed by atoms with Gasteiger partial charge in [-0.3, -0.25) is 4.79 Å². The molecule has 1 fully saturated rings. The molecule has 0 bridgehead atoms. The van der Waals surface area contributed by atoms with Crippen LogP contribution < -0.4 is 0 Å². The van der Waals surface area contributed by atoms with Gasteiger partial charge in [0, 0.05) is 5.57 Å². The van der Waals surface area contributed by atoms with Gasteiger partial charge in [0.1, 0.15) is 5.60 Å². The van der Waals surface area contributed by atoms with E-state index in [1.54, 1.807) is 0 Å². The molecule has 1 N–H and O–H groups in total. The summed E-state index contributed by atoms with van der Waals surface area (Å²) in [5.74, 6) is -2.66. The van der Waals surface area contributed by atoms with E-state index in [0.717, 1.165) is 32.1 Å². The third-order valence-corrected chi connectivity index (χ3v) is 3.47. The summed E-state index contributed by atoms with van der Waals surface area (Å²) in [5.41, 5.74) is -0.453. The van der Waals surface area contributed by atoms with Gasteiger partial charge in [0.15, 0.2) is 6.61 Å². The fourth-order valence-corrected chi connectivity index (χ4v) is 2.26. The third-order valence-electron chi connectivity index (χ3n) is 3.47. The van der Waals surface area contributed by atoms with Crippen LogP contribution in [-0.4, -0.2) is 35.2 Å². The lowest BCUT2D eigenvalue weighted by molar-refractivity contribution is -0.158. The molecule has 0 atom stereocenters. The molecule has 0 aromatic carbocycles. The summed E-state index contributed by atoms with van der Waals surface area (Å²) in [7, 11) is 0. The van der Waals surface area contributed by atoms with Crippen molar-refractivity contribution in [2.45, 2.75) is 51.0 Å². The van der Waals surface area contributed by atoms with E-state index in [-0.39, 0.29) is 12.0 Å². The van der Waals surface area contributed by atoms with E-state index in [4.69, 9.17) is 9.84 Å². The summed E-state index contributed by atoms with van der Waals surface area (Å²) in [6.07, 6.45) is 4.07. The van der Waals surface area contributed by atoms with E-state index in [1.165, 1.54) is 0 Å². The molecule has 0 radical (unpaired) electrons. The highest BCUT2D eigenvalue weighted by Gasteiger charge is 2.36. The number of rotatable bonds is 7. The van der Waals surface area contributed by atoms with Crippen molar-refractivity contribution in [1.82, 2.24) is 0 Å². The van der Waals surface area contributed by atoms with Crippen LogP contribution in [0.25, 0.3) is 0 Å². The summed E-state index contributed by atoms with van der Waals surface area (Å²) in [5, 5.41) is 8.37. The first-order chi connectivity index (χ1) is 9.38. The predicted octanol–water partition coefficient (Wildman–Crippen LogP) is 1.83. The van der Waals surface area contributed by atoms with Crippen LogP contribution in [0.4, 0.5) is 0 Å². The molecule has 1 aliphatic rings. The molecular formula is C14H20O6. The Kier molecular flexibility index (Phi) is 5.73. The second kappa shape index (κ2) is 7.07. The van der Waals surface area contributed by atoms with Gasteiger partial charge in [-0.15, -0.1) is 0 Å². The van der Waals surface area contributed by atoms with E-state index in [0.29, 0.717) is 0 Å². The Morgan fingerprint density at radius 1 is 1.25 bits per heavy atom. The molecular weight excluding hydrogens is 264 g/mol. The largest absolute Gasteiger partial charge is 0.479 e. The Labute approximate surface area is 117 Å². The Hall–Kier alpha value is -1.85. The topological polar surface area (TPSA) is 89.9 Å². The van der Waals surface area contributed by atoms with Crippen molar-refractivity contribution in [3.8, 4) is 0 Å². The zero-order chi connectivity index (χ0) is 15.2. The molecule has 112 valence electrons. The van der Waals surface area contributed by atoms with Gasteiger partial charge in [0.2, 0.25) is 0 Å². The maximum atomic E-state index is 11.9. The number of carboxylic acids is 1. The molecule has 0 unspecified atom stereocenters. The van der Waals surface area contributed by atoms with Gasteiger partial charge in [-0.1, -0.05) is 13.5 Å². The standard InChI is InChI=1S/C14H20O6/c1-3-14(6-4-5-7-14)20-13(18)10(2)8-12(17)19-9-11(15)16/h2-9H2,1H3,(H,15,16). The Morgan fingerprint density at radius 2 is 1.85 bits per heavy atom. The number of carbonyl (C=O) groups is 3. The smallest absolute Gasteiger partial charge is 0.341 e. The van der Waals surface area contributed by atoms with E-state index in [2.05, 4.69) is 11.3 Å². The molecule has 0 heterocycles. The van der Waals surface area contributed by atoms with Crippen molar-refractivity contribution < 1.29 is 29.0 Å². The predicted molar refractivity (Wildman–Crippen MR) is 69.9 cm³/mol. The monoisotopic (exact) mass is 284 g/mol. The summed E-state index contributed by atoms with van der Waals surface area (Å²) >= 11 is 0. The summed E-state index contributed by atoms with van der Waals surface area (Å²) in [6, 6.07) is 0. The maximum Gasteiger partial charge on any atom is 0.341 e. The number of carbonyl (C=O) groups excluding carboxylic acids is 2. The molecule has 20 heavy (non-hydrogen) atoms. The quantitative estimate of drug-likeness (QED) is 0.566. The average Bonchev–Trinajstić information content (AvgIpc) is 2.85. The molecule has 1 rings (SSSR count). The lowest BCUT2D eigenvalue weighted by Gasteiger charge is -2.27. The summed E-state index contributed by atoms with van der Waals surface area (Å²) < 4.78 is 9.91. The molecule has 0 aromatic heterocycles. The molecule has 6 heteroatoms.